The topological polar surface area (TPSA) is 60.4 Å². The van der Waals surface area contributed by atoms with Gasteiger partial charge in [0.1, 0.15) is 6.10 Å². The van der Waals surface area contributed by atoms with Crippen molar-refractivity contribution in [3.8, 4) is 0 Å². The maximum absolute atomic E-state index is 12.2. The van der Waals surface area contributed by atoms with Crippen LogP contribution in [0, 0.1) is 12.8 Å². The van der Waals surface area contributed by atoms with Crippen molar-refractivity contribution in [1.82, 2.24) is 0 Å². The monoisotopic (exact) mass is 330 g/mol. The van der Waals surface area contributed by atoms with Crippen molar-refractivity contribution in [3.05, 3.63) is 29.3 Å². The Morgan fingerprint density at radius 3 is 2.43 bits per heavy atom. The van der Waals surface area contributed by atoms with E-state index < -0.39 is 15.0 Å². The molecule has 0 heterocycles. The molecule has 0 N–H and O–H groups in total. The molecule has 0 atom stereocenters. The summed E-state index contributed by atoms with van der Waals surface area (Å²) in [6.07, 6.45) is 3.74. The van der Waals surface area contributed by atoms with E-state index in [4.69, 9.17) is 15.4 Å². The molecule has 6 heteroatoms. The zero-order valence-electron chi connectivity index (χ0n) is 12.1. The highest BCUT2D eigenvalue weighted by molar-refractivity contribution is 8.13. The lowest BCUT2D eigenvalue weighted by Crippen LogP contribution is -2.24. The second-order valence-corrected chi connectivity index (χ2v) is 8.27. The minimum Gasteiger partial charge on any atom is -0.459 e. The van der Waals surface area contributed by atoms with E-state index in [0.717, 1.165) is 25.7 Å². The van der Waals surface area contributed by atoms with Crippen LogP contribution in [0.5, 0.6) is 0 Å². The maximum Gasteiger partial charge on any atom is 0.338 e. The standard InChI is InChI=1S/C15H19ClO4S/c1-10-3-6-12(7-4-10)20-15(17)14-9-13(21(16,18)19)8-5-11(14)2/h5,8-10,12H,3-4,6-7H2,1-2H3. The van der Waals surface area contributed by atoms with E-state index in [1.165, 1.54) is 12.1 Å². The fourth-order valence-corrected chi connectivity index (χ4v) is 3.31. The third-order valence-corrected chi connectivity index (χ3v) is 5.30. The Morgan fingerprint density at radius 2 is 1.86 bits per heavy atom. The highest BCUT2D eigenvalue weighted by Gasteiger charge is 2.23. The van der Waals surface area contributed by atoms with E-state index in [1.54, 1.807) is 13.0 Å². The van der Waals surface area contributed by atoms with Gasteiger partial charge >= 0.3 is 5.97 Å². The van der Waals surface area contributed by atoms with Crippen LogP contribution in [-0.4, -0.2) is 20.5 Å². The average Bonchev–Trinajstić information content (AvgIpc) is 2.40. The first-order chi connectivity index (χ1) is 9.77. The second-order valence-electron chi connectivity index (χ2n) is 5.70. The number of benzene rings is 1. The minimum absolute atomic E-state index is 0.0793. The number of aryl methyl sites for hydroxylation is 1. The summed E-state index contributed by atoms with van der Waals surface area (Å²) in [5, 5.41) is 0. The maximum atomic E-state index is 12.2. The molecule has 0 aliphatic heterocycles. The third kappa shape index (κ3) is 4.20. The van der Waals surface area contributed by atoms with Gasteiger partial charge in [-0.25, -0.2) is 13.2 Å². The predicted molar refractivity (Wildman–Crippen MR) is 81.1 cm³/mol. The van der Waals surface area contributed by atoms with Crippen molar-refractivity contribution < 1.29 is 17.9 Å². The van der Waals surface area contributed by atoms with Crippen LogP contribution in [0.2, 0.25) is 0 Å². The third-order valence-electron chi connectivity index (χ3n) is 3.95. The number of esters is 1. The molecule has 1 aromatic rings. The van der Waals surface area contributed by atoms with Gasteiger partial charge in [0.2, 0.25) is 0 Å². The molecule has 4 nitrogen and oxygen atoms in total. The molecule has 0 aromatic heterocycles. The van der Waals surface area contributed by atoms with Gasteiger partial charge < -0.3 is 4.74 Å². The summed E-state index contributed by atoms with van der Waals surface area (Å²) < 4.78 is 28.2. The van der Waals surface area contributed by atoms with E-state index in [2.05, 4.69) is 6.92 Å². The minimum atomic E-state index is -3.85. The summed E-state index contributed by atoms with van der Waals surface area (Å²) >= 11 is 0. The van der Waals surface area contributed by atoms with Crippen molar-refractivity contribution in [1.29, 1.82) is 0 Å². The lowest BCUT2D eigenvalue weighted by atomic mass is 9.89. The molecule has 1 aromatic carbocycles. The summed E-state index contributed by atoms with van der Waals surface area (Å²) in [7, 11) is 1.46. The van der Waals surface area contributed by atoms with Crippen LogP contribution in [0.15, 0.2) is 23.1 Å². The van der Waals surface area contributed by atoms with Crippen LogP contribution in [0.3, 0.4) is 0 Å². The highest BCUT2D eigenvalue weighted by atomic mass is 35.7. The lowest BCUT2D eigenvalue weighted by molar-refractivity contribution is 0.0173. The normalized spacial score (nSPS) is 22.8. The van der Waals surface area contributed by atoms with Gasteiger partial charge in [0, 0.05) is 10.7 Å². The number of carbonyl (C=O) groups excluding carboxylic acids is 1. The molecule has 21 heavy (non-hydrogen) atoms. The molecule has 0 radical (unpaired) electrons. The Morgan fingerprint density at radius 1 is 1.24 bits per heavy atom. The summed E-state index contributed by atoms with van der Waals surface area (Å²) in [5.41, 5.74) is 0.934. The Kier molecular flexibility index (Phi) is 4.94. The zero-order chi connectivity index (χ0) is 15.6. The quantitative estimate of drug-likeness (QED) is 0.627. The van der Waals surface area contributed by atoms with E-state index in [9.17, 15) is 13.2 Å². The van der Waals surface area contributed by atoms with Gasteiger partial charge in [-0.15, -0.1) is 0 Å². The zero-order valence-corrected chi connectivity index (χ0v) is 13.7. The molecule has 2 rings (SSSR count). The molecule has 0 unspecified atom stereocenters. The molecule has 0 bridgehead atoms. The molecular weight excluding hydrogens is 312 g/mol. The van der Waals surface area contributed by atoms with Crippen molar-refractivity contribution in [2.75, 3.05) is 0 Å². The number of hydrogen-bond donors (Lipinski definition) is 0. The van der Waals surface area contributed by atoms with Crippen LogP contribution in [0.1, 0.15) is 48.5 Å². The Balaban J connectivity index is 2.15. The Labute approximate surface area is 129 Å². The van der Waals surface area contributed by atoms with Gasteiger partial charge in [-0.1, -0.05) is 13.0 Å². The highest BCUT2D eigenvalue weighted by Crippen LogP contribution is 2.27. The predicted octanol–water partition coefficient (Wildman–Crippen LogP) is 3.66. The van der Waals surface area contributed by atoms with Gasteiger partial charge in [0.25, 0.3) is 9.05 Å². The SMILES string of the molecule is Cc1ccc(S(=O)(=O)Cl)cc1C(=O)OC1CCC(C)CC1. The second kappa shape index (κ2) is 6.36. The van der Waals surface area contributed by atoms with Crippen molar-refractivity contribution in [2.24, 2.45) is 5.92 Å². The molecular formula is C15H19ClO4S. The van der Waals surface area contributed by atoms with Crippen LogP contribution < -0.4 is 0 Å². The number of halogens is 1. The van der Waals surface area contributed by atoms with Crippen molar-refractivity contribution >= 4 is 25.7 Å². The van der Waals surface area contributed by atoms with Crippen LogP contribution in [0.25, 0.3) is 0 Å². The first-order valence-electron chi connectivity index (χ1n) is 7.03. The van der Waals surface area contributed by atoms with Gasteiger partial charge in [0.15, 0.2) is 0 Å². The summed E-state index contributed by atoms with van der Waals surface area (Å²) in [4.78, 5) is 12.2. The van der Waals surface area contributed by atoms with E-state index in [-0.39, 0.29) is 16.6 Å². The van der Waals surface area contributed by atoms with E-state index >= 15 is 0 Å². The van der Waals surface area contributed by atoms with Gasteiger partial charge in [0.05, 0.1) is 10.5 Å². The lowest BCUT2D eigenvalue weighted by Gasteiger charge is -2.26. The van der Waals surface area contributed by atoms with Gasteiger partial charge in [-0.2, -0.15) is 0 Å². The summed E-state index contributed by atoms with van der Waals surface area (Å²) in [6.45, 7) is 3.93. The van der Waals surface area contributed by atoms with Crippen LogP contribution in [-0.2, 0) is 13.8 Å². The smallest absolute Gasteiger partial charge is 0.338 e. The van der Waals surface area contributed by atoms with E-state index in [0.29, 0.717) is 11.5 Å². The molecule has 0 amide bonds. The first kappa shape index (κ1) is 16.3. The van der Waals surface area contributed by atoms with Crippen LogP contribution >= 0.6 is 10.7 Å². The fourth-order valence-electron chi connectivity index (χ4n) is 2.53. The summed E-state index contributed by atoms with van der Waals surface area (Å²) in [6, 6.07) is 4.23. The molecule has 1 aliphatic carbocycles. The first-order valence-corrected chi connectivity index (χ1v) is 9.34. The van der Waals surface area contributed by atoms with Crippen LogP contribution in [0.4, 0.5) is 0 Å². The number of carbonyl (C=O) groups is 1. The molecule has 1 saturated carbocycles. The molecule has 1 fully saturated rings. The number of ether oxygens (including phenoxy) is 1. The molecule has 1 aliphatic rings. The van der Waals surface area contributed by atoms with Crippen molar-refractivity contribution in [2.45, 2.75) is 50.5 Å². The fraction of sp³-hybridized carbons (Fsp3) is 0.533. The molecule has 116 valence electrons. The largest absolute Gasteiger partial charge is 0.459 e. The van der Waals surface area contributed by atoms with Gasteiger partial charge in [-0.05, 0) is 56.2 Å². The van der Waals surface area contributed by atoms with Gasteiger partial charge in [-0.3, -0.25) is 0 Å². The number of hydrogen-bond acceptors (Lipinski definition) is 4. The van der Waals surface area contributed by atoms with E-state index in [1.807, 2.05) is 0 Å². The van der Waals surface area contributed by atoms with Crippen molar-refractivity contribution in [3.63, 3.8) is 0 Å². The molecule has 0 spiro atoms. The average molecular weight is 331 g/mol. The Bertz CT molecular complexity index is 631. The Hall–Kier alpha value is -1.07. The molecule has 0 saturated heterocycles. The number of rotatable bonds is 3. The summed E-state index contributed by atoms with van der Waals surface area (Å²) in [5.74, 6) is 0.195.